The highest BCUT2D eigenvalue weighted by Gasteiger charge is 2.23. The molecule has 0 radical (unpaired) electrons. The Bertz CT molecular complexity index is 1230. The molecule has 0 N–H and O–H groups in total. The van der Waals surface area contributed by atoms with Crippen LogP contribution in [0.2, 0.25) is 5.02 Å². The summed E-state index contributed by atoms with van der Waals surface area (Å²) in [5.41, 5.74) is 4.84. The van der Waals surface area contributed by atoms with Crippen LogP contribution in [-0.4, -0.2) is 32.5 Å². The molecule has 0 spiro atoms. The number of halogens is 1. The van der Waals surface area contributed by atoms with E-state index in [1.165, 1.54) is 28.9 Å². The van der Waals surface area contributed by atoms with Crippen LogP contribution in [-0.2, 0) is 11.2 Å². The van der Waals surface area contributed by atoms with Crippen molar-refractivity contribution in [2.45, 2.75) is 17.9 Å². The van der Waals surface area contributed by atoms with Crippen LogP contribution in [0.4, 0.5) is 5.69 Å². The van der Waals surface area contributed by atoms with E-state index in [-0.39, 0.29) is 5.91 Å². The molecule has 5 rings (SSSR count). The second kappa shape index (κ2) is 8.34. The number of carbonyl (C=O) groups is 1. The van der Waals surface area contributed by atoms with E-state index in [2.05, 4.69) is 20.4 Å². The van der Waals surface area contributed by atoms with Gasteiger partial charge in [-0.25, -0.2) is 9.97 Å². The van der Waals surface area contributed by atoms with Crippen molar-refractivity contribution >= 4 is 56.7 Å². The lowest BCUT2D eigenvalue weighted by Crippen LogP contribution is -2.36. The minimum Gasteiger partial charge on any atom is -0.311 e. The Balaban J connectivity index is 1.38. The number of rotatable bonds is 4. The summed E-state index contributed by atoms with van der Waals surface area (Å²) in [6, 6.07) is 15.7. The first-order chi connectivity index (χ1) is 14.7. The number of hydrogen-bond acceptors (Lipinski definition) is 6. The first kappa shape index (κ1) is 19.5. The molecule has 8 heteroatoms. The Morgan fingerprint density at radius 2 is 1.97 bits per heavy atom. The van der Waals surface area contributed by atoms with Crippen LogP contribution in [0, 0.1) is 0 Å². The van der Waals surface area contributed by atoms with E-state index in [0.29, 0.717) is 10.8 Å². The summed E-state index contributed by atoms with van der Waals surface area (Å²) in [7, 11) is 0. The maximum Gasteiger partial charge on any atom is 0.237 e. The molecule has 30 heavy (non-hydrogen) atoms. The number of para-hydroxylation sites is 1. The third-order valence-electron chi connectivity index (χ3n) is 5.08. The van der Waals surface area contributed by atoms with Gasteiger partial charge >= 0.3 is 0 Å². The summed E-state index contributed by atoms with van der Waals surface area (Å²) < 4.78 is 5.49. The predicted molar refractivity (Wildman–Crippen MR) is 123 cm³/mol. The van der Waals surface area contributed by atoms with E-state index < -0.39 is 0 Å². The summed E-state index contributed by atoms with van der Waals surface area (Å²) in [6.45, 7) is 0.761. The molecule has 2 aromatic heterocycles. The van der Waals surface area contributed by atoms with Crippen LogP contribution in [0.5, 0.6) is 0 Å². The van der Waals surface area contributed by atoms with E-state index in [1.807, 2.05) is 47.4 Å². The van der Waals surface area contributed by atoms with Gasteiger partial charge in [0.25, 0.3) is 0 Å². The Hall–Kier alpha value is -2.48. The molecular weight excluding hydrogens is 436 g/mol. The number of amides is 1. The molecule has 0 bridgehead atoms. The quantitative estimate of drug-likeness (QED) is 0.303. The van der Waals surface area contributed by atoms with Crippen LogP contribution >= 0.6 is 34.9 Å². The van der Waals surface area contributed by atoms with Gasteiger partial charge in [0.15, 0.2) is 0 Å². The van der Waals surface area contributed by atoms with Crippen molar-refractivity contribution in [1.82, 2.24) is 14.3 Å². The number of anilines is 1. The normalized spacial score (nSPS) is 13.4. The van der Waals surface area contributed by atoms with E-state index in [1.54, 1.807) is 6.33 Å². The molecule has 0 saturated heterocycles. The second-order valence-corrected chi connectivity index (χ2v) is 9.13. The average Bonchev–Trinajstić information content (AvgIpc) is 3.22. The lowest BCUT2D eigenvalue weighted by molar-refractivity contribution is -0.116. The number of thioether (sulfide) groups is 1. The zero-order valence-corrected chi connectivity index (χ0v) is 18.3. The molecule has 0 atom stereocenters. The van der Waals surface area contributed by atoms with Gasteiger partial charge in [0.1, 0.15) is 27.3 Å². The zero-order valence-electron chi connectivity index (χ0n) is 15.9. The van der Waals surface area contributed by atoms with Crippen LogP contribution < -0.4 is 4.90 Å². The highest BCUT2D eigenvalue weighted by Crippen LogP contribution is 2.35. The molecule has 2 aromatic carbocycles. The van der Waals surface area contributed by atoms with Crippen molar-refractivity contribution in [3.63, 3.8) is 0 Å². The van der Waals surface area contributed by atoms with Crippen molar-refractivity contribution in [2.24, 2.45) is 0 Å². The highest BCUT2D eigenvalue weighted by molar-refractivity contribution is 8.00. The summed E-state index contributed by atoms with van der Waals surface area (Å²) in [5, 5.41) is 1.47. The molecule has 5 nitrogen and oxygen atoms in total. The molecule has 150 valence electrons. The van der Waals surface area contributed by atoms with Crippen molar-refractivity contribution in [2.75, 3.05) is 17.2 Å². The summed E-state index contributed by atoms with van der Waals surface area (Å²) in [6.07, 6.45) is 3.55. The topological polar surface area (TPSA) is 59.0 Å². The Labute approximate surface area is 187 Å². The van der Waals surface area contributed by atoms with E-state index >= 15 is 0 Å². The smallest absolute Gasteiger partial charge is 0.237 e. The SMILES string of the molecule is O=C(CSc1ncnc2c(-c3ccc(Cl)cc3)nsc12)N1CCCc2ccccc21. The Morgan fingerprint density at radius 3 is 2.83 bits per heavy atom. The molecular formula is C22H17ClN4OS2. The van der Waals surface area contributed by atoms with Crippen molar-refractivity contribution < 1.29 is 4.79 Å². The number of carbonyl (C=O) groups excluding carboxylic acids is 1. The molecule has 0 saturated carbocycles. The van der Waals surface area contributed by atoms with Gasteiger partial charge in [-0.1, -0.05) is 53.7 Å². The molecule has 0 fully saturated rings. The fraction of sp³-hybridized carbons (Fsp3) is 0.182. The molecule has 1 aliphatic rings. The molecule has 1 amide bonds. The van der Waals surface area contributed by atoms with Crippen LogP contribution in [0.15, 0.2) is 59.9 Å². The number of aromatic nitrogens is 3. The minimum absolute atomic E-state index is 0.0985. The largest absolute Gasteiger partial charge is 0.311 e. The highest BCUT2D eigenvalue weighted by atomic mass is 35.5. The van der Waals surface area contributed by atoms with Gasteiger partial charge in [-0.3, -0.25) is 4.79 Å². The fourth-order valence-electron chi connectivity index (χ4n) is 3.64. The molecule has 1 aliphatic heterocycles. The second-order valence-electron chi connectivity index (χ2n) is 6.96. The standard InChI is InChI=1S/C22H17ClN4OS2/c23-16-9-7-15(8-10-16)19-20-21(30-26-19)22(25-13-24-20)29-12-18(28)27-11-3-5-14-4-1-2-6-17(14)27/h1-2,4,6-10,13H,3,5,11-12H2. The third kappa shape index (κ3) is 3.69. The number of fused-ring (bicyclic) bond motifs is 2. The average molecular weight is 453 g/mol. The molecule has 0 aliphatic carbocycles. The van der Waals surface area contributed by atoms with Gasteiger partial charge in [-0.15, -0.1) is 0 Å². The van der Waals surface area contributed by atoms with E-state index in [0.717, 1.165) is 51.6 Å². The Kier molecular flexibility index (Phi) is 5.41. The maximum atomic E-state index is 13.0. The maximum absolute atomic E-state index is 13.0. The van der Waals surface area contributed by atoms with Crippen molar-refractivity contribution in [3.05, 3.63) is 65.4 Å². The molecule has 3 heterocycles. The van der Waals surface area contributed by atoms with Gasteiger partial charge in [0.05, 0.1) is 5.75 Å². The minimum atomic E-state index is 0.0985. The van der Waals surface area contributed by atoms with Gasteiger partial charge in [0, 0.05) is 22.8 Å². The van der Waals surface area contributed by atoms with E-state index in [9.17, 15) is 4.79 Å². The zero-order chi connectivity index (χ0) is 20.5. The third-order valence-corrected chi connectivity index (χ3v) is 7.28. The molecule has 0 unspecified atom stereocenters. The number of aryl methyl sites for hydroxylation is 1. The summed E-state index contributed by atoms with van der Waals surface area (Å²) >= 11 is 8.81. The fourth-order valence-corrected chi connectivity index (χ4v) is 5.56. The van der Waals surface area contributed by atoms with Gasteiger partial charge in [-0.2, -0.15) is 4.37 Å². The number of benzene rings is 2. The van der Waals surface area contributed by atoms with Crippen molar-refractivity contribution in [3.8, 4) is 11.3 Å². The lowest BCUT2D eigenvalue weighted by atomic mass is 10.0. The van der Waals surface area contributed by atoms with Crippen LogP contribution in [0.1, 0.15) is 12.0 Å². The van der Waals surface area contributed by atoms with Gasteiger partial charge in [-0.05, 0) is 48.1 Å². The number of nitrogens with zero attached hydrogens (tertiary/aromatic N) is 4. The first-order valence-electron chi connectivity index (χ1n) is 9.58. The van der Waals surface area contributed by atoms with Crippen LogP contribution in [0.3, 0.4) is 0 Å². The monoisotopic (exact) mass is 452 g/mol. The lowest BCUT2D eigenvalue weighted by Gasteiger charge is -2.29. The van der Waals surface area contributed by atoms with Gasteiger partial charge in [0.2, 0.25) is 5.91 Å². The van der Waals surface area contributed by atoms with Gasteiger partial charge < -0.3 is 4.90 Å². The first-order valence-corrected chi connectivity index (χ1v) is 11.7. The predicted octanol–water partition coefficient (Wildman–Crippen LogP) is 5.48. The van der Waals surface area contributed by atoms with Crippen LogP contribution in [0.25, 0.3) is 21.5 Å². The summed E-state index contributed by atoms with van der Waals surface area (Å²) in [4.78, 5) is 23.7. The van der Waals surface area contributed by atoms with Crippen molar-refractivity contribution in [1.29, 1.82) is 0 Å². The Morgan fingerprint density at radius 1 is 1.13 bits per heavy atom. The van der Waals surface area contributed by atoms with E-state index in [4.69, 9.17) is 11.6 Å². The summed E-state index contributed by atoms with van der Waals surface area (Å²) in [5.74, 6) is 0.426. The number of hydrogen-bond donors (Lipinski definition) is 0. The molecule has 4 aromatic rings.